The highest BCUT2D eigenvalue weighted by molar-refractivity contribution is 9.10. The van der Waals surface area contributed by atoms with E-state index < -0.39 is 0 Å². The largest absolute Gasteiger partial charge is 0.353 e. The minimum Gasteiger partial charge on any atom is -0.353 e. The normalized spacial score (nSPS) is 15.3. The summed E-state index contributed by atoms with van der Waals surface area (Å²) in [5, 5.41) is 3.70. The van der Waals surface area contributed by atoms with E-state index in [0.717, 1.165) is 36.9 Å². The zero-order valence-corrected chi connectivity index (χ0v) is 19.3. The predicted molar refractivity (Wildman–Crippen MR) is 126 cm³/mol. The van der Waals surface area contributed by atoms with Crippen LogP contribution in [-0.2, 0) is 17.9 Å². The van der Waals surface area contributed by atoms with Crippen LogP contribution in [0.2, 0.25) is 0 Å². The fourth-order valence-electron chi connectivity index (χ4n) is 4.08. The number of nitrogens with one attached hydrogen (secondary N) is 1. The van der Waals surface area contributed by atoms with Crippen LogP contribution in [-0.4, -0.2) is 39.5 Å². The zero-order chi connectivity index (χ0) is 21.8. The van der Waals surface area contributed by atoms with Crippen molar-refractivity contribution in [3.63, 3.8) is 0 Å². The number of aromatic nitrogens is 2. The second kappa shape index (κ2) is 9.75. The Labute approximate surface area is 190 Å². The molecule has 0 aliphatic carbocycles. The summed E-state index contributed by atoms with van der Waals surface area (Å²) < 4.78 is 2.35. The number of fused-ring (bicyclic) bond motifs is 1. The molecule has 1 N–H and O–H groups in total. The molecule has 6 nitrogen and oxygen atoms in total. The lowest BCUT2D eigenvalue weighted by molar-refractivity contribution is -0.122. The van der Waals surface area contributed by atoms with Crippen LogP contribution in [0.3, 0.4) is 0 Å². The number of amides is 1. The number of piperidine rings is 1. The van der Waals surface area contributed by atoms with Gasteiger partial charge < -0.3 is 5.32 Å². The number of nitrogens with zero attached hydrogens (tertiary/aromatic N) is 3. The molecular formula is C24H27BrN4O2. The Bertz CT molecular complexity index is 1140. The number of carbonyl (C=O) groups excluding carboxylic acids is 1. The monoisotopic (exact) mass is 482 g/mol. The highest BCUT2D eigenvalue weighted by atomic mass is 79.9. The molecule has 31 heavy (non-hydrogen) atoms. The van der Waals surface area contributed by atoms with Crippen molar-refractivity contribution in [1.82, 2.24) is 19.8 Å². The molecule has 162 valence electrons. The van der Waals surface area contributed by atoms with Crippen LogP contribution < -0.4 is 10.9 Å². The van der Waals surface area contributed by atoms with Gasteiger partial charge >= 0.3 is 0 Å². The van der Waals surface area contributed by atoms with Crippen molar-refractivity contribution in [3.8, 4) is 0 Å². The molecule has 3 aromatic rings. The number of likely N-dealkylation sites (tertiary alicyclic amines) is 1. The van der Waals surface area contributed by atoms with Crippen molar-refractivity contribution in [1.29, 1.82) is 0 Å². The van der Waals surface area contributed by atoms with Gasteiger partial charge in [0.1, 0.15) is 0 Å². The van der Waals surface area contributed by atoms with Gasteiger partial charge in [0.05, 0.1) is 17.2 Å². The van der Waals surface area contributed by atoms with Crippen molar-refractivity contribution in [2.75, 3.05) is 13.1 Å². The average Bonchev–Trinajstić information content (AvgIpc) is 2.76. The van der Waals surface area contributed by atoms with Crippen LogP contribution in [0.5, 0.6) is 0 Å². The van der Waals surface area contributed by atoms with Gasteiger partial charge in [-0.25, -0.2) is 4.98 Å². The van der Waals surface area contributed by atoms with Crippen molar-refractivity contribution < 1.29 is 4.79 Å². The molecule has 0 radical (unpaired) electrons. The van der Waals surface area contributed by atoms with Gasteiger partial charge in [-0.3, -0.25) is 19.1 Å². The van der Waals surface area contributed by atoms with Gasteiger partial charge in [0.2, 0.25) is 5.91 Å². The summed E-state index contributed by atoms with van der Waals surface area (Å²) in [6.45, 7) is 5.38. The third-order valence-electron chi connectivity index (χ3n) is 5.97. The SMILES string of the molecule is Cc1ccccc1CN1CCC(NC(=O)CCn2cnc3ccc(Br)cc3c2=O)CC1. The minimum absolute atomic E-state index is 0.0152. The van der Waals surface area contributed by atoms with Gasteiger partial charge in [-0.1, -0.05) is 40.2 Å². The molecule has 0 atom stereocenters. The quantitative estimate of drug-likeness (QED) is 0.582. The minimum atomic E-state index is -0.122. The highest BCUT2D eigenvalue weighted by Crippen LogP contribution is 2.17. The second-order valence-electron chi connectivity index (χ2n) is 8.20. The summed E-state index contributed by atoms with van der Waals surface area (Å²) >= 11 is 3.39. The molecule has 1 fully saturated rings. The zero-order valence-electron chi connectivity index (χ0n) is 17.7. The molecule has 2 heterocycles. The standard InChI is InChI=1S/C24H27BrN4O2/c1-17-4-2-3-5-18(17)15-28-11-8-20(9-12-28)27-23(30)10-13-29-16-26-22-7-6-19(25)14-21(22)24(29)31/h2-7,14,16,20H,8-13,15H2,1H3,(H,27,30). The summed E-state index contributed by atoms with van der Waals surface area (Å²) in [5.74, 6) is -0.0152. The number of carbonyl (C=O) groups is 1. The summed E-state index contributed by atoms with van der Waals surface area (Å²) in [7, 11) is 0. The first kappa shape index (κ1) is 21.7. The molecule has 1 aliphatic heterocycles. The molecule has 4 rings (SSSR count). The summed E-state index contributed by atoms with van der Waals surface area (Å²) in [5.41, 5.74) is 3.23. The maximum absolute atomic E-state index is 12.7. The number of aryl methyl sites for hydroxylation is 2. The van der Waals surface area contributed by atoms with E-state index in [4.69, 9.17) is 0 Å². The Morgan fingerprint density at radius 2 is 1.97 bits per heavy atom. The van der Waals surface area contributed by atoms with E-state index in [9.17, 15) is 9.59 Å². The second-order valence-corrected chi connectivity index (χ2v) is 9.11. The van der Waals surface area contributed by atoms with Crippen molar-refractivity contribution >= 4 is 32.7 Å². The molecule has 0 bridgehead atoms. The molecular weight excluding hydrogens is 456 g/mol. The van der Waals surface area contributed by atoms with Gasteiger partial charge in [0.15, 0.2) is 0 Å². The van der Waals surface area contributed by atoms with Crippen LogP contribution in [0.4, 0.5) is 0 Å². The smallest absolute Gasteiger partial charge is 0.261 e. The summed E-state index contributed by atoms with van der Waals surface area (Å²) in [6.07, 6.45) is 3.69. The summed E-state index contributed by atoms with van der Waals surface area (Å²) in [6, 6.07) is 14.1. The first-order valence-corrected chi connectivity index (χ1v) is 11.5. The Hall–Kier alpha value is -2.51. The van der Waals surface area contributed by atoms with Crippen LogP contribution in [0.1, 0.15) is 30.4 Å². The lowest BCUT2D eigenvalue weighted by Crippen LogP contribution is -2.44. The van der Waals surface area contributed by atoms with Crippen LogP contribution in [0.25, 0.3) is 10.9 Å². The number of hydrogen-bond donors (Lipinski definition) is 1. The fourth-order valence-corrected chi connectivity index (χ4v) is 4.44. The van der Waals surface area contributed by atoms with Crippen LogP contribution >= 0.6 is 15.9 Å². The maximum Gasteiger partial charge on any atom is 0.261 e. The molecule has 0 saturated carbocycles. The van der Waals surface area contributed by atoms with E-state index >= 15 is 0 Å². The Morgan fingerprint density at radius 1 is 1.19 bits per heavy atom. The van der Waals surface area contributed by atoms with Crippen LogP contribution in [0, 0.1) is 6.92 Å². The molecule has 0 unspecified atom stereocenters. The predicted octanol–water partition coefficient (Wildman–Crippen LogP) is 3.64. The number of rotatable bonds is 6. The molecule has 1 aromatic heterocycles. The lowest BCUT2D eigenvalue weighted by Gasteiger charge is -2.32. The van der Waals surface area contributed by atoms with Crippen molar-refractivity contribution in [2.24, 2.45) is 0 Å². The van der Waals surface area contributed by atoms with Gasteiger partial charge in [-0.15, -0.1) is 0 Å². The third-order valence-corrected chi connectivity index (χ3v) is 6.47. The topological polar surface area (TPSA) is 67.2 Å². The number of benzene rings is 2. The third kappa shape index (κ3) is 5.40. The molecule has 7 heteroatoms. The van der Waals surface area contributed by atoms with Gasteiger partial charge in [0, 0.05) is 43.1 Å². The molecule has 2 aromatic carbocycles. The Morgan fingerprint density at radius 3 is 2.74 bits per heavy atom. The molecule has 0 spiro atoms. The first-order chi connectivity index (χ1) is 15.0. The van der Waals surface area contributed by atoms with Crippen molar-refractivity contribution in [3.05, 3.63) is 74.7 Å². The van der Waals surface area contributed by atoms with E-state index in [2.05, 4.69) is 62.3 Å². The maximum atomic E-state index is 12.7. The van der Waals surface area contributed by atoms with Crippen molar-refractivity contribution in [2.45, 2.75) is 45.3 Å². The van der Waals surface area contributed by atoms with E-state index in [1.54, 1.807) is 6.07 Å². The number of hydrogen-bond acceptors (Lipinski definition) is 4. The van der Waals surface area contributed by atoms with Gasteiger partial charge in [0.25, 0.3) is 5.56 Å². The Balaban J connectivity index is 1.26. The van der Waals surface area contributed by atoms with Crippen LogP contribution in [0.15, 0.2) is 58.1 Å². The van der Waals surface area contributed by atoms with E-state index in [1.165, 1.54) is 22.0 Å². The fraction of sp³-hybridized carbons (Fsp3) is 0.375. The Kier molecular flexibility index (Phi) is 6.83. The van der Waals surface area contributed by atoms with Gasteiger partial charge in [-0.05, 0) is 49.1 Å². The molecule has 1 amide bonds. The highest BCUT2D eigenvalue weighted by Gasteiger charge is 2.21. The average molecular weight is 483 g/mol. The molecule has 1 aliphatic rings. The van der Waals surface area contributed by atoms with E-state index in [-0.39, 0.29) is 23.9 Å². The summed E-state index contributed by atoms with van der Waals surface area (Å²) in [4.78, 5) is 31.9. The first-order valence-electron chi connectivity index (χ1n) is 10.7. The number of halogens is 1. The molecule has 1 saturated heterocycles. The van der Waals surface area contributed by atoms with Gasteiger partial charge in [-0.2, -0.15) is 0 Å². The van der Waals surface area contributed by atoms with E-state index in [1.807, 2.05) is 12.1 Å². The lowest BCUT2D eigenvalue weighted by atomic mass is 10.0. The van der Waals surface area contributed by atoms with E-state index in [0.29, 0.717) is 17.4 Å².